The van der Waals surface area contributed by atoms with Crippen molar-refractivity contribution in [1.82, 2.24) is 9.97 Å². The fourth-order valence-electron chi connectivity index (χ4n) is 2.30. The first-order valence-corrected chi connectivity index (χ1v) is 8.61. The van der Waals surface area contributed by atoms with Crippen molar-refractivity contribution in [3.05, 3.63) is 67.5 Å². The highest BCUT2D eigenvalue weighted by Crippen LogP contribution is 2.32. The van der Waals surface area contributed by atoms with Gasteiger partial charge in [0.25, 0.3) is 0 Å². The molecule has 0 fully saturated rings. The number of esters is 1. The lowest BCUT2D eigenvalue weighted by Gasteiger charge is -2.11. The molecule has 0 aliphatic heterocycles. The Hall–Kier alpha value is -1.59. The number of halogens is 4. The minimum atomic E-state index is -0.743. The van der Waals surface area contributed by atoms with E-state index in [4.69, 9.17) is 51.1 Å². The van der Waals surface area contributed by atoms with E-state index in [0.717, 1.165) is 16.5 Å². The van der Waals surface area contributed by atoms with Crippen LogP contribution in [0.1, 0.15) is 21.7 Å². The molecule has 3 rings (SSSR count). The fourth-order valence-corrected chi connectivity index (χ4v) is 3.06. The normalized spacial score (nSPS) is 10.9. The molecule has 0 spiro atoms. The minimum Gasteiger partial charge on any atom is -0.454 e. The Morgan fingerprint density at radius 1 is 1.08 bits per heavy atom. The van der Waals surface area contributed by atoms with Crippen LogP contribution >= 0.6 is 46.4 Å². The van der Waals surface area contributed by atoms with E-state index in [1.165, 1.54) is 6.20 Å². The van der Waals surface area contributed by atoms with Crippen molar-refractivity contribution in [3.63, 3.8) is 0 Å². The number of rotatable bonds is 3. The van der Waals surface area contributed by atoms with Crippen molar-refractivity contribution in [2.45, 2.75) is 13.5 Å². The van der Waals surface area contributed by atoms with Crippen LogP contribution in [-0.2, 0) is 11.3 Å². The number of fused-ring (bicyclic) bond motifs is 1. The summed E-state index contributed by atoms with van der Waals surface area (Å²) in [5.41, 5.74) is 1.96. The zero-order valence-corrected chi connectivity index (χ0v) is 15.8. The van der Waals surface area contributed by atoms with Gasteiger partial charge in [0.1, 0.15) is 6.61 Å². The molecule has 0 aliphatic rings. The van der Waals surface area contributed by atoms with Gasteiger partial charge >= 0.3 is 5.97 Å². The monoisotopic (exact) mass is 414 g/mol. The van der Waals surface area contributed by atoms with Crippen LogP contribution in [0.3, 0.4) is 0 Å². The Balaban J connectivity index is 1.87. The summed E-state index contributed by atoms with van der Waals surface area (Å²) in [4.78, 5) is 20.5. The molecule has 128 valence electrons. The quantitative estimate of drug-likeness (QED) is 0.499. The van der Waals surface area contributed by atoms with Crippen LogP contribution < -0.4 is 0 Å². The van der Waals surface area contributed by atoms with E-state index in [9.17, 15) is 4.79 Å². The number of nitrogens with zero attached hydrogens (tertiary/aromatic N) is 2. The number of carbonyl (C=O) groups is 1. The topological polar surface area (TPSA) is 52.1 Å². The van der Waals surface area contributed by atoms with E-state index in [1.54, 1.807) is 0 Å². The van der Waals surface area contributed by atoms with Crippen molar-refractivity contribution in [2.24, 2.45) is 0 Å². The SMILES string of the molecule is Cc1c(Cl)c(COC(=O)c2ncc(Cl)c(Cl)c2Cl)nc2ccccc12. The number of hydrogen-bond acceptors (Lipinski definition) is 4. The van der Waals surface area contributed by atoms with Gasteiger partial charge in [0.05, 0.1) is 31.3 Å². The molecule has 0 unspecified atom stereocenters. The number of aryl methyl sites for hydroxylation is 1. The van der Waals surface area contributed by atoms with E-state index in [1.807, 2.05) is 31.2 Å². The van der Waals surface area contributed by atoms with Gasteiger partial charge in [-0.25, -0.2) is 14.8 Å². The average molecular weight is 416 g/mol. The van der Waals surface area contributed by atoms with Crippen LogP contribution in [0.5, 0.6) is 0 Å². The Labute approximate surface area is 163 Å². The lowest BCUT2D eigenvalue weighted by Crippen LogP contribution is -2.10. The summed E-state index contributed by atoms with van der Waals surface area (Å²) >= 11 is 24.0. The zero-order chi connectivity index (χ0) is 18.1. The Kier molecular flexibility index (Phi) is 5.35. The maximum atomic E-state index is 12.2. The van der Waals surface area contributed by atoms with Crippen LogP contribution in [0.2, 0.25) is 20.1 Å². The van der Waals surface area contributed by atoms with Crippen LogP contribution in [-0.4, -0.2) is 15.9 Å². The van der Waals surface area contributed by atoms with Gasteiger partial charge in [0.15, 0.2) is 5.69 Å². The van der Waals surface area contributed by atoms with Crippen LogP contribution in [0.4, 0.5) is 0 Å². The molecule has 0 saturated carbocycles. The number of carbonyl (C=O) groups excluding carboxylic acids is 1. The Bertz CT molecular complexity index is 992. The number of aromatic nitrogens is 2. The van der Waals surface area contributed by atoms with E-state index in [0.29, 0.717) is 10.7 Å². The van der Waals surface area contributed by atoms with Gasteiger partial charge in [-0.3, -0.25) is 0 Å². The van der Waals surface area contributed by atoms with Crippen molar-refractivity contribution in [2.75, 3.05) is 0 Å². The lowest BCUT2D eigenvalue weighted by atomic mass is 10.1. The first-order chi connectivity index (χ1) is 11.9. The maximum absolute atomic E-state index is 12.2. The second kappa shape index (κ2) is 7.34. The van der Waals surface area contributed by atoms with Crippen molar-refractivity contribution in [3.8, 4) is 0 Å². The molecule has 0 atom stereocenters. The van der Waals surface area contributed by atoms with E-state index in [-0.39, 0.29) is 27.4 Å². The second-order valence-corrected chi connectivity index (χ2v) is 6.71. The molecule has 0 radical (unpaired) electrons. The van der Waals surface area contributed by atoms with Gasteiger partial charge in [-0.2, -0.15) is 0 Å². The van der Waals surface area contributed by atoms with Gasteiger partial charge in [0.2, 0.25) is 0 Å². The van der Waals surface area contributed by atoms with Crippen molar-refractivity contribution in [1.29, 1.82) is 0 Å². The summed E-state index contributed by atoms with van der Waals surface area (Å²) in [7, 11) is 0. The molecule has 0 saturated heterocycles. The molecule has 0 N–H and O–H groups in total. The minimum absolute atomic E-state index is 0.0444. The molecule has 4 nitrogen and oxygen atoms in total. The first-order valence-electron chi connectivity index (χ1n) is 7.10. The molecular weight excluding hydrogens is 406 g/mol. The highest BCUT2D eigenvalue weighted by atomic mass is 35.5. The summed E-state index contributed by atoms with van der Waals surface area (Å²) in [5, 5.41) is 1.52. The Morgan fingerprint density at radius 2 is 1.80 bits per heavy atom. The fraction of sp³-hybridized carbons (Fsp3) is 0.118. The molecule has 25 heavy (non-hydrogen) atoms. The summed E-state index contributed by atoms with van der Waals surface area (Å²) < 4.78 is 5.24. The van der Waals surface area contributed by atoms with Gasteiger partial charge in [-0.1, -0.05) is 64.6 Å². The number of benzene rings is 1. The standard InChI is InChI=1S/C17H10Cl4N2O2/c1-8-9-4-2-3-5-11(9)23-12(13(8)19)7-25-17(24)16-15(21)14(20)10(18)6-22-16/h2-6H,7H2,1H3. The van der Waals surface area contributed by atoms with E-state index >= 15 is 0 Å². The van der Waals surface area contributed by atoms with Crippen LogP contribution in [0.25, 0.3) is 10.9 Å². The van der Waals surface area contributed by atoms with Crippen LogP contribution in [0, 0.1) is 6.92 Å². The summed E-state index contributed by atoms with van der Waals surface area (Å²) in [6.07, 6.45) is 1.23. The van der Waals surface area contributed by atoms with E-state index in [2.05, 4.69) is 9.97 Å². The zero-order valence-electron chi connectivity index (χ0n) is 12.8. The van der Waals surface area contributed by atoms with Crippen molar-refractivity contribution < 1.29 is 9.53 Å². The predicted molar refractivity (Wildman–Crippen MR) is 99.9 cm³/mol. The van der Waals surface area contributed by atoms with Crippen LogP contribution in [0.15, 0.2) is 30.5 Å². The summed E-state index contributed by atoms with van der Waals surface area (Å²) in [6.45, 7) is 1.76. The third kappa shape index (κ3) is 3.53. The predicted octanol–water partition coefficient (Wildman–Crippen LogP) is 5.91. The third-order valence-corrected chi connectivity index (χ3v) is 5.34. The molecule has 0 bridgehead atoms. The number of ether oxygens (including phenoxy) is 1. The van der Waals surface area contributed by atoms with Gasteiger partial charge in [-0.05, 0) is 18.6 Å². The van der Waals surface area contributed by atoms with E-state index < -0.39 is 5.97 Å². The molecule has 2 heterocycles. The van der Waals surface area contributed by atoms with Gasteiger partial charge in [0, 0.05) is 11.6 Å². The molecule has 0 aliphatic carbocycles. The number of pyridine rings is 2. The molecule has 0 amide bonds. The highest BCUT2D eigenvalue weighted by molar-refractivity contribution is 6.48. The van der Waals surface area contributed by atoms with Gasteiger partial charge < -0.3 is 4.74 Å². The third-order valence-electron chi connectivity index (χ3n) is 3.60. The molecule has 3 aromatic rings. The van der Waals surface area contributed by atoms with Crippen molar-refractivity contribution >= 4 is 63.3 Å². The lowest BCUT2D eigenvalue weighted by molar-refractivity contribution is 0.0461. The molecule has 1 aromatic carbocycles. The second-order valence-electron chi connectivity index (χ2n) is 5.17. The molecular formula is C17H10Cl4N2O2. The average Bonchev–Trinajstić information content (AvgIpc) is 2.61. The number of hydrogen-bond donors (Lipinski definition) is 0. The largest absolute Gasteiger partial charge is 0.454 e. The molecule has 8 heteroatoms. The summed E-state index contributed by atoms with van der Waals surface area (Å²) in [5.74, 6) is -0.743. The smallest absolute Gasteiger partial charge is 0.358 e. The molecule has 2 aromatic heterocycles. The van der Waals surface area contributed by atoms with Gasteiger partial charge in [-0.15, -0.1) is 0 Å². The maximum Gasteiger partial charge on any atom is 0.358 e. The first kappa shape index (κ1) is 18.2. The number of para-hydroxylation sites is 1. The highest BCUT2D eigenvalue weighted by Gasteiger charge is 2.19. The summed E-state index contributed by atoms with van der Waals surface area (Å²) in [6, 6.07) is 7.57. The Morgan fingerprint density at radius 3 is 2.56 bits per heavy atom.